The van der Waals surface area contributed by atoms with Crippen molar-refractivity contribution in [3.8, 4) is 5.75 Å². The smallest absolute Gasteiger partial charge is 0.124 e. The Balaban J connectivity index is 2.46. The van der Waals surface area contributed by atoms with Gasteiger partial charge in [0.05, 0.1) is 6.67 Å². The van der Waals surface area contributed by atoms with E-state index in [4.69, 9.17) is 4.74 Å². The molecule has 1 aromatic rings. The molecule has 0 unspecified atom stereocenters. The fraction of sp³-hybridized carbons (Fsp3) is 0.385. The zero-order valence-corrected chi connectivity index (χ0v) is 9.42. The number of halogens is 1. The van der Waals surface area contributed by atoms with E-state index >= 15 is 0 Å². The fourth-order valence-corrected chi connectivity index (χ4v) is 1.35. The van der Waals surface area contributed by atoms with Crippen molar-refractivity contribution >= 4 is 0 Å². The molecule has 1 rings (SSSR count). The molecule has 2 nitrogen and oxygen atoms in total. The molecule has 0 bridgehead atoms. The minimum absolute atomic E-state index is 0.276. The minimum atomic E-state index is -0.276. The largest absolute Gasteiger partial charge is 0.489 e. The van der Waals surface area contributed by atoms with Crippen molar-refractivity contribution in [3.05, 3.63) is 42.5 Å². The summed E-state index contributed by atoms with van der Waals surface area (Å²) >= 11 is 0. The van der Waals surface area contributed by atoms with Crippen molar-refractivity contribution < 1.29 is 9.13 Å². The predicted molar refractivity (Wildman–Crippen MR) is 64.4 cm³/mol. The van der Waals surface area contributed by atoms with Gasteiger partial charge < -0.3 is 10.1 Å². The first-order valence-corrected chi connectivity index (χ1v) is 5.46. The lowest BCUT2D eigenvalue weighted by Crippen LogP contribution is -2.15. The molecule has 0 amide bonds. The van der Waals surface area contributed by atoms with E-state index in [1.165, 1.54) is 0 Å². The van der Waals surface area contributed by atoms with E-state index in [1.54, 1.807) is 6.08 Å². The number of para-hydroxylation sites is 1. The van der Waals surface area contributed by atoms with Gasteiger partial charge in [-0.2, -0.15) is 0 Å². The first-order chi connectivity index (χ1) is 7.88. The second-order valence-corrected chi connectivity index (χ2v) is 3.43. The van der Waals surface area contributed by atoms with Gasteiger partial charge in [0.2, 0.25) is 0 Å². The van der Waals surface area contributed by atoms with Gasteiger partial charge in [-0.15, -0.1) is 0 Å². The highest BCUT2D eigenvalue weighted by Gasteiger charge is 2.01. The van der Waals surface area contributed by atoms with Crippen molar-refractivity contribution in [3.63, 3.8) is 0 Å². The summed E-state index contributed by atoms with van der Waals surface area (Å²) in [6.45, 7) is 5.22. The summed E-state index contributed by atoms with van der Waals surface area (Å²) in [5.41, 5.74) is 1.09. The summed E-state index contributed by atoms with van der Waals surface area (Å²) in [6.07, 6.45) is 2.27. The third-order valence-corrected chi connectivity index (χ3v) is 2.13. The second kappa shape index (κ2) is 7.88. The normalized spacial score (nSPS) is 10.1. The number of hydrogen-bond acceptors (Lipinski definition) is 2. The summed E-state index contributed by atoms with van der Waals surface area (Å²) in [7, 11) is 0. The first-order valence-electron chi connectivity index (χ1n) is 5.46. The maximum absolute atomic E-state index is 11.9. The van der Waals surface area contributed by atoms with Gasteiger partial charge in [0, 0.05) is 12.1 Å². The monoisotopic (exact) mass is 223 g/mol. The van der Waals surface area contributed by atoms with Gasteiger partial charge in [-0.3, -0.25) is 4.39 Å². The van der Waals surface area contributed by atoms with Crippen molar-refractivity contribution in [1.82, 2.24) is 5.32 Å². The lowest BCUT2D eigenvalue weighted by molar-refractivity contribution is 0.357. The maximum atomic E-state index is 11.9. The molecule has 1 N–H and O–H groups in total. The SMILES string of the molecule is C=CCOc1ccccc1CNCCCF. The number of ether oxygens (including phenoxy) is 1. The number of rotatable bonds is 8. The highest BCUT2D eigenvalue weighted by atomic mass is 19.1. The Morgan fingerprint density at radius 2 is 2.19 bits per heavy atom. The highest BCUT2D eigenvalue weighted by Crippen LogP contribution is 2.17. The Morgan fingerprint density at radius 3 is 2.94 bits per heavy atom. The van der Waals surface area contributed by atoms with Crippen molar-refractivity contribution in [2.75, 3.05) is 19.8 Å². The van der Waals surface area contributed by atoms with Crippen LogP contribution in [0, 0.1) is 0 Å². The average molecular weight is 223 g/mol. The van der Waals surface area contributed by atoms with E-state index in [2.05, 4.69) is 11.9 Å². The summed E-state index contributed by atoms with van der Waals surface area (Å²) in [5, 5.41) is 3.17. The Hall–Kier alpha value is -1.35. The van der Waals surface area contributed by atoms with Crippen LogP contribution in [-0.4, -0.2) is 19.8 Å². The molecule has 0 aliphatic carbocycles. The molecule has 0 aromatic heterocycles. The molecule has 0 aliphatic heterocycles. The maximum Gasteiger partial charge on any atom is 0.124 e. The summed E-state index contributed by atoms with van der Waals surface area (Å²) < 4.78 is 17.4. The van der Waals surface area contributed by atoms with Gasteiger partial charge in [0.15, 0.2) is 0 Å². The van der Waals surface area contributed by atoms with Crippen LogP contribution in [0.25, 0.3) is 0 Å². The van der Waals surface area contributed by atoms with Crippen molar-refractivity contribution in [2.45, 2.75) is 13.0 Å². The Labute approximate surface area is 96.1 Å². The van der Waals surface area contributed by atoms with E-state index < -0.39 is 0 Å². The molecule has 16 heavy (non-hydrogen) atoms. The zero-order valence-electron chi connectivity index (χ0n) is 9.42. The van der Waals surface area contributed by atoms with E-state index in [-0.39, 0.29) is 6.67 Å². The van der Waals surface area contributed by atoms with Gasteiger partial charge in [-0.1, -0.05) is 30.9 Å². The lowest BCUT2D eigenvalue weighted by Gasteiger charge is -2.10. The molecule has 0 saturated carbocycles. The molecule has 0 saturated heterocycles. The molecule has 0 radical (unpaired) electrons. The molecular formula is C13H18FNO. The van der Waals surface area contributed by atoms with E-state index in [0.29, 0.717) is 26.1 Å². The van der Waals surface area contributed by atoms with Crippen LogP contribution in [-0.2, 0) is 6.54 Å². The van der Waals surface area contributed by atoms with Crippen LogP contribution in [0.2, 0.25) is 0 Å². The number of benzene rings is 1. The quantitative estimate of drug-likeness (QED) is 0.540. The number of alkyl halides is 1. The molecule has 0 heterocycles. The van der Waals surface area contributed by atoms with E-state index in [9.17, 15) is 4.39 Å². The van der Waals surface area contributed by atoms with Gasteiger partial charge >= 0.3 is 0 Å². The van der Waals surface area contributed by atoms with Gasteiger partial charge in [0.1, 0.15) is 12.4 Å². The van der Waals surface area contributed by atoms with Gasteiger partial charge in [0.25, 0.3) is 0 Å². The summed E-state index contributed by atoms with van der Waals surface area (Å²) in [4.78, 5) is 0. The molecule has 0 spiro atoms. The molecular weight excluding hydrogens is 205 g/mol. The predicted octanol–water partition coefficient (Wildman–Crippen LogP) is 2.70. The zero-order chi connectivity index (χ0) is 11.6. The summed E-state index contributed by atoms with van der Waals surface area (Å²) in [6, 6.07) is 7.83. The van der Waals surface area contributed by atoms with Crippen LogP contribution in [0.5, 0.6) is 5.75 Å². The van der Waals surface area contributed by atoms with Crippen LogP contribution in [0.1, 0.15) is 12.0 Å². The van der Waals surface area contributed by atoms with E-state index in [1.807, 2.05) is 24.3 Å². The average Bonchev–Trinajstić information content (AvgIpc) is 2.33. The van der Waals surface area contributed by atoms with Crippen LogP contribution in [0.15, 0.2) is 36.9 Å². The molecule has 1 aromatic carbocycles. The first kappa shape index (κ1) is 12.7. The molecule has 0 aliphatic rings. The Morgan fingerprint density at radius 1 is 1.38 bits per heavy atom. The van der Waals surface area contributed by atoms with Gasteiger partial charge in [-0.25, -0.2) is 0 Å². The van der Waals surface area contributed by atoms with E-state index in [0.717, 1.165) is 11.3 Å². The third kappa shape index (κ3) is 4.45. The lowest BCUT2D eigenvalue weighted by atomic mass is 10.2. The third-order valence-electron chi connectivity index (χ3n) is 2.13. The highest BCUT2D eigenvalue weighted by molar-refractivity contribution is 5.33. The molecule has 0 fully saturated rings. The van der Waals surface area contributed by atoms with Crippen molar-refractivity contribution in [1.29, 1.82) is 0 Å². The Kier molecular flexibility index (Phi) is 6.26. The van der Waals surface area contributed by atoms with Crippen LogP contribution < -0.4 is 10.1 Å². The molecule has 3 heteroatoms. The fourth-order valence-electron chi connectivity index (χ4n) is 1.35. The number of nitrogens with one attached hydrogen (secondary N) is 1. The standard InChI is InChI=1S/C13H18FNO/c1-2-10-16-13-7-4-3-6-12(13)11-15-9-5-8-14/h2-4,6-7,15H,1,5,8-11H2. The van der Waals surface area contributed by atoms with Crippen LogP contribution in [0.4, 0.5) is 4.39 Å². The second-order valence-electron chi connectivity index (χ2n) is 3.43. The Bertz CT molecular complexity index is 315. The molecule has 88 valence electrons. The van der Waals surface area contributed by atoms with Crippen LogP contribution >= 0.6 is 0 Å². The van der Waals surface area contributed by atoms with Gasteiger partial charge in [-0.05, 0) is 19.0 Å². The minimum Gasteiger partial charge on any atom is -0.489 e. The van der Waals surface area contributed by atoms with Crippen LogP contribution in [0.3, 0.4) is 0 Å². The van der Waals surface area contributed by atoms with Crippen molar-refractivity contribution in [2.24, 2.45) is 0 Å². The molecule has 0 atom stereocenters. The summed E-state index contributed by atoms with van der Waals surface area (Å²) in [5.74, 6) is 0.857. The number of hydrogen-bond donors (Lipinski definition) is 1. The topological polar surface area (TPSA) is 21.3 Å².